The second-order valence-electron chi connectivity index (χ2n) is 8.04. The molecule has 1 aromatic heterocycles. The smallest absolute Gasteiger partial charge is 0.272 e. The molecule has 5 nitrogen and oxygen atoms in total. The third-order valence-electron chi connectivity index (χ3n) is 5.60. The summed E-state index contributed by atoms with van der Waals surface area (Å²) in [6.45, 7) is 6.56. The predicted octanol–water partition coefficient (Wildman–Crippen LogP) is 5.91. The molecule has 0 unspecified atom stereocenters. The summed E-state index contributed by atoms with van der Waals surface area (Å²) in [6.07, 6.45) is 0.413. The molecule has 0 aliphatic rings. The van der Waals surface area contributed by atoms with Crippen LogP contribution in [0.25, 0.3) is 10.9 Å². The van der Waals surface area contributed by atoms with Gasteiger partial charge in [-0.15, -0.1) is 0 Å². The van der Waals surface area contributed by atoms with E-state index < -0.39 is 0 Å². The molecule has 0 aliphatic carbocycles. The predicted molar refractivity (Wildman–Crippen MR) is 130 cm³/mol. The molecule has 0 aliphatic heterocycles. The fraction of sp³-hybridized carbons (Fsp3) is 0.185. The molecule has 2 amide bonds. The minimum Gasteiger partial charge on any atom is -0.332 e. The van der Waals surface area contributed by atoms with Gasteiger partial charge in [-0.2, -0.15) is 0 Å². The highest BCUT2D eigenvalue weighted by Crippen LogP contribution is 2.26. The van der Waals surface area contributed by atoms with Crippen LogP contribution < -0.4 is 10.6 Å². The van der Waals surface area contributed by atoms with Crippen LogP contribution in [0, 0.1) is 13.8 Å². The van der Waals surface area contributed by atoms with E-state index in [1.54, 1.807) is 0 Å². The SMILES string of the molecule is CCC(=O)Nc1ccc2c(c1)cc(C(=O)Nc1ccccc1)n2Cc1cc(C)ccc1C. The van der Waals surface area contributed by atoms with E-state index >= 15 is 0 Å². The molecule has 162 valence electrons. The van der Waals surface area contributed by atoms with Crippen molar-refractivity contribution in [3.8, 4) is 0 Å². The fourth-order valence-electron chi connectivity index (χ4n) is 3.81. The first-order chi connectivity index (χ1) is 15.4. The first-order valence-electron chi connectivity index (χ1n) is 10.8. The van der Waals surface area contributed by atoms with Crippen LogP contribution in [0.5, 0.6) is 0 Å². The third-order valence-corrected chi connectivity index (χ3v) is 5.60. The van der Waals surface area contributed by atoms with Crippen molar-refractivity contribution in [3.63, 3.8) is 0 Å². The first-order valence-corrected chi connectivity index (χ1v) is 10.8. The maximum Gasteiger partial charge on any atom is 0.272 e. The van der Waals surface area contributed by atoms with Crippen LogP contribution in [0.3, 0.4) is 0 Å². The monoisotopic (exact) mass is 425 g/mol. The van der Waals surface area contributed by atoms with Crippen molar-refractivity contribution in [2.75, 3.05) is 10.6 Å². The lowest BCUT2D eigenvalue weighted by atomic mass is 10.1. The Morgan fingerprint density at radius 1 is 0.844 bits per heavy atom. The van der Waals surface area contributed by atoms with Gasteiger partial charge in [0, 0.05) is 35.2 Å². The van der Waals surface area contributed by atoms with E-state index in [1.165, 1.54) is 16.7 Å². The Balaban J connectivity index is 1.78. The van der Waals surface area contributed by atoms with Gasteiger partial charge in [-0.3, -0.25) is 9.59 Å². The van der Waals surface area contributed by atoms with Crippen LogP contribution in [-0.4, -0.2) is 16.4 Å². The molecule has 4 rings (SSSR count). The Morgan fingerprint density at radius 3 is 2.38 bits per heavy atom. The number of hydrogen-bond acceptors (Lipinski definition) is 2. The lowest BCUT2D eigenvalue weighted by Gasteiger charge is -2.14. The number of hydrogen-bond donors (Lipinski definition) is 2. The van der Waals surface area contributed by atoms with Gasteiger partial charge < -0.3 is 15.2 Å². The second-order valence-corrected chi connectivity index (χ2v) is 8.04. The van der Waals surface area contributed by atoms with E-state index in [9.17, 15) is 9.59 Å². The van der Waals surface area contributed by atoms with E-state index in [2.05, 4.69) is 42.7 Å². The number of benzene rings is 3. The van der Waals surface area contributed by atoms with Crippen LogP contribution in [0.4, 0.5) is 11.4 Å². The molecule has 0 saturated carbocycles. The number of para-hydroxylation sites is 1. The second kappa shape index (κ2) is 9.10. The minimum atomic E-state index is -0.170. The molecule has 4 aromatic rings. The Labute approximate surface area is 188 Å². The molecule has 0 bridgehead atoms. The number of amides is 2. The number of nitrogens with zero attached hydrogens (tertiary/aromatic N) is 1. The summed E-state index contributed by atoms with van der Waals surface area (Å²) >= 11 is 0. The van der Waals surface area contributed by atoms with E-state index in [0.29, 0.717) is 18.7 Å². The average Bonchev–Trinajstić information content (AvgIpc) is 3.14. The highest BCUT2D eigenvalue weighted by atomic mass is 16.2. The van der Waals surface area contributed by atoms with Crippen molar-refractivity contribution < 1.29 is 9.59 Å². The zero-order valence-corrected chi connectivity index (χ0v) is 18.6. The lowest BCUT2D eigenvalue weighted by molar-refractivity contribution is -0.115. The molecule has 5 heteroatoms. The summed E-state index contributed by atoms with van der Waals surface area (Å²) in [5.74, 6) is -0.210. The largest absolute Gasteiger partial charge is 0.332 e. The van der Waals surface area contributed by atoms with Gasteiger partial charge in [-0.05, 0) is 61.4 Å². The summed E-state index contributed by atoms with van der Waals surface area (Å²) in [6, 6.07) is 23.5. The number of carbonyl (C=O) groups is 2. The molecule has 2 N–H and O–H groups in total. The lowest BCUT2D eigenvalue weighted by Crippen LogP contribution is -2.17. The molecule has 0 atom stereocenters. The summed E-state index contributed by atoms with van der Waals surface area (Å²) in [5, 5.41) is 6.80. The number of aryl methyl sites for hydroxylation is 2. The Kier molecular flexibility index (Phi) is 6.08. The fourth-order valence-corrected chi connectivity index (χ4v) is 3.81. The third kappa shape index (κ3) is 4.57. The Hall–Kier alpha value is -3.86. The van der Waals surface area contributed by atoms with Crippen LogP contribution in [0.1, 0.15) is 40.5 Å². The van der Waals surface area contributed by atoms with E-state index in [4.69, 9.17) is 0 Å². The number of anilines is 2. The highest BCUT2D eigenvalue weighted by molar-refractivity contribution is 6.07. The first kappa shape index (κ1) is 21.4. The molecule has 3 aromatic carbocycles. The van der Waals surface area contributed by atoms with Crippen molar-refractivity contribution >= 4 is 34.1 Å². The molecule has 0 saturated heterocycles. The van der Waals surface area contributed by atoms with E-state index in [-0.39, 0.29) is 11.8 Å². The quantitative estimate of drug-likeness (QED) is 0.403. The zero-order chi connectivity index (χ0) is 22.7. The van der Waals surface area contributed by atoms with Gasteiger partial charge in [-0.25, -0.2) is 0 Å². The van der Waals surface area contributed by atoms with Gasteiger partial charge in [0.15, 0.2) is 0 Å². The highest BCUT2D eigenvalue weighted by Gasteiger charge is 2.17. The molecule has 32 heavy (non-hydrogen) atoms. The van der Waals surface area contributed by atoms with Crippen LogP contribution >= 0.6 is 0 Å². The Bertz CT molecular complexity index is 1290. The number of nitrogens with one attached hydrogen (secondary N) is 2. The summed E-state index contributed by atoms with van der Waals surface area (Å²) < 4.78 is 2.04. The normalized spacial score (nSPS) is 10.8. The average molecular weight is 426 g/mol. The maximum atomic E-state index is 13.3. The van der Waals surface area contributed by atoms with Crippen LogP contribution in [-0.2, 0) is 11.3 Å². The van der Waals surface area contributed by atoms with Crippen molar-refractivity contribution in [1.29, 1.82) is 0 Å². The number of carbonyl (C=O) groups excluding carboxylic acids is 2. The van der Waals surface area contributed by atoms with Gasteiger partial charge in [0.25, 0.3) is 5.91 Å². The van der Waals surface area contributed by atoms with Gasteiger partial charge in [0.2, 0.25) is 5.91 Å². The number of rotatable bonds is 6. The molecule has 1 heterocycles. The molecule has 0 spiro atoms. The number of fused-ring (bicyclic) bond motifs is 1. The summed E-state index contributed by atoms with van der Waals surface area (Å²) in [4.78, 5) is 25.1. The van der Waals surface area contributed by atoms with Gasteiger partial charge >= 0.3 is 0 Å². The molecule has 0 fully saturated rings. The number of aromatic nitrogens is 1. The minimum absolute atomic E-state index is 0.0405. The van der Waals surface area contributed by atoms with Crippen LogP contribution in [0.2, 0.25) is 0 Å². The molecular weight excluding hydrogens is 398 g/mol. The summed E-state index contributed by atoms with van der Waals surface area (Å²) in [5.41, 5.74) is 6.52. The van der Waals surface area contributed by atoms with Crippen molar-refractivity contribution in [2.45, 2.75) is 33.7 Å². The van der Waals surface area contributed by atoms with Crippen molar-refractivity contribution in [3.05, 3.63) is 95.2 Å². The molecular formula is C27H27N3O2. The topological polar surface area (TPSA) is 63.1 Å². The zero-order valence-electron chi connectivity index (χ0n) is 18.6. The van der Waals surface area contributed by atoms with Crippen molar-refractivity contribution in [2.24, 2.45) is 0 Å². The van der Waals surface area contributed by atoms with Gasteiger partial charge in [0.1, 0.15) is 5.69 Å². The van der Waals surface area contributed by atoms with Crippen molar-refractivity contribution in [1.82, 2.24) is 4.57 Å². The Morgan fingerprint density at radius 2 is 1.62 bits per heavy atom. The van der Waals surface area contributed by atoms with E-state index in [0.717, 1.165) is 22.3 Å². The van der Waals surface area contributed by atoms with Crippen LogP contribution in [0.15, 0.2) is 72.8 Å². The maximum absolute atomic E-state index is 13.3. The summed E-state index contributed by atoms with van der Waals surface area (Å²) in [7, 11) is 0. The van der Waals surface area contributed by atoms with E-state index in [1.807, 2.05) is 66.1 Å². The standard InChI is InChI=1S/C27H27N3O2/c1-4-26(31)28-23-12-13-24-20(15-23)16-25(27(32)29-22-8-6-5-7-9-22)30(24)17-21-14-18(2)10-11-19(21)3/h5-16H,4,17H2,1-3H3,(H,28,31)(H,29,32). The van der Waals surface area contributed by atoms with Gasteiger partial charge in [-0.1, -0.05) is 48.9 Å². The van der Waals surface area contributed by atoms with Gasteiger partial charge in [0.05, 0.1) is 0 Å². The molecule has 0 radical (unpaired) electrons.